The van der Waals surface area contributed by atoms with Gasteiger partial charge < -0.3 is 9.74 Å². The first kappa shape index (κ1) is 24.7. The van der Waals surface area contributed by atoms with Crippen molar-refractivity contribution in [3.63, 3.8) is 0 Å². The van der Waals surface area contributed by atoms with Crippen LogP contribution >= 0.6 is 23.4 Å². The maximum absolute atomic E-state index is 13.0. The lowest BCUT2D eigenvalue weighted by molar-refractivity contribution is -0.141. The van der Waals surface area contributed by atoms with Crippen molar-refractivity contribution in [3.05, 3.63) is 35.9 Å². The van der Waals surface area contributed by atoms with Gasteiger partial charge in [-0.15, -0.1) is 0 Å². The second-order valence-corrected chi connectivity index (χ2v) is 7.51. The van der Waals surface area contributed by atoms with E-state index >= 15 is 0 Å². The van der Waals surface area contributed by atoms with E-state index in [1.54, 1.807) is 31.5 Å². The summed E-state index contributed by atoms with van der Waals surface area (Å²) in [5, 5.41) is 7.72. The average molecular weight is 478 g/mol. The first-order valence-corrected chi connectivity index (χ1v) is 10.5. The maximum atomic E-state index is 13.0. The number of pyridine rings is 1. The molecular formula is C18H19ClF3N5O3S. The number of nitrogens with zero attached hydrogens (tertiary/aromatic N) is 5. The third-order valence-electron chi connectivity index (χ3n) is 3.71. The van der Waals surface area contributed by atoms with Gasteiger partial charge in [-0.25, -0.2) is 9.48 Å². The van der Waals surface area contributed by atoms with Crippen LogP contribution in [0.15, 0.2) is 35.9 Å². The van der Waals surface area contributed by atoms with Crippen molar-refractivity contribution < 1.29 is 27.6 Å². The highest BCUT2D eigenvalue weighted by Crippen LogP contribution is 2.27. The van der Waals surface area contributed by atoms with E-state index in [4.69, 9.17) is 11.6 Å². The molecule has 31 heavy (non-hydrogen) atoms. The van der Waals surface area contributed by atoms with Crippen molar-refractivity contribution in [2.75, 3.05) is 23.0 Å². The fourth-order valence-electron chi connectivity index (χ4n) is 2.33. The summed E-state index contributed by atoms with van der Waals surface area (Å²) in [6.07, 6.45) is -0.676. The van der Waals surface area contributed by atoms with E-state index < -0.39 is 24.5 Å². The molecule has 0 aromatic carbocycles. The molecule has 0 aliphatic heterocycles. The van der Waals surface area contributed by atoms with Crippen LogP contribution in [0.1, 0.15) is 20.3 Å². The van der Waals surface area contributed by atoms with Crippen molar-refractivity contribution >= 4 is 46.6 Å². The summed E-state index contributed by atoms with van der Waals surface area (Å²) in [6.45, 7) is 2.92. The summed E-state index contributed by atoms with van der Waals surface area (Å²) >= 11 is 7.07. The van der Waals surface area contributed by atoms with E-state index in [0.717, 1.165) is 18.7 Å². The molecule has 0 saturated heterocycles. The number of oxime groups is 1. The molecule has 0 aliphatic rings. The number of alkyl halides is 3. The zero-order chi connectivity index (χ0) is 23.0. The number of anilines is 1. The van der Waals surface area contributed by atoms with Gasteiger partial charge in [0.15, 0.2) is 10.9 Å². The lowest BCUT2D eigenvalue weighted by Gasteiger charge is -2.20. The summed E-state index contributed by atoms with van der Waals surface area (Å²) in [5.41, 5.74) is 0.638. The van der Waals surface area contributed by atoms with Crippen LogP contribution in [-0.2, 0) is 14.4 Å². The Morgan fingerprint density at radius 2 is 2.13 bits per heavy atom. The van der Waals surface area contributed by atoms with Crippen LogP contribution in [0.25, 0.3) is 5.69 Å². The predicted molar refractivity (Wildman–Crippen MR) is 112 cm³/mol. The first-order valence-electron chi connectivity index (χ1n) is 8.98. The molecule has 0 spiro atoms. The standard InChI is InChI=1S/C18H19ClF3N5O3S/c1-3-26(15-10-27(24-16(15)19)13-5-4-7-23-9-13)17(29)14(25-30-12(2)28)11-31-8-6-18(20,21)22/h4-5,7,9-10H,3,6,8,11H2,1-2H3. The van der Waals surface area contributed by atoms with Crippen LogP contribution in [0.2, 0.25) is 5.15 Å². The van der Waals surface area contributed by atoms with E-state index in [9.17, 15) is 22.8 Å². The Morgan fingerprint density at radius 3 is 2.71 bits per heavy atom. The van der Waals surface area contributed by atoms with Gasteiger partial charge in [-0.05, 0) is 19.1 Å². The molecule has 0 fully saturated rings. The summed E-state index contributed by atoms with van der Waals surface area (Å²) < 4.78 is 38.5. The number of thioether (sulfide) groups is 1. The summed E-state index contributed by atoms with van der Waals surface area (Å²) in [5.74, 6) is -1.90. The first-order chi connectivity index (χ1) is 14.6. The van der Waals surface area contributed by atoms with Gasteiger partial charge in [-0.2, -0.15) is 30.0 Å². The van der Waals surface area contributed by atoms with Crippen LogP contribution in [0.3, 0.4) is 0 Å². The van der Waals surface area contributed by atoms with Gasteiger partial charge >= 0.3 is 12.1 Å². The lowest BCUT2D eigenvalue weighted by atomic mass is 10.3. The third-order valence-corrected chi connectivity index (χ3v) is 4.95. The molecule has 0 atom stereocenters. The van der Waals surface area contributed by atoms with Crippen molar-refractivity contribution in [1.29, 1.82) is 0 Å². The van der Waals surface area contributed by atoms with Crippen molar-refractivity contribution in [3.8, 4) is 5.69 Å². The Balaban J connectivity index is 2.23. The van der Waals surface area contributed by atoms with Gasteiger partial charge in [0.1, 0.15) is 5.69 Å². The number of hydrogen-bond acceptors (Lipinski definition) is 7. The van der Waals surface area contributed by atoms with E-state index in [1.165, 1.54) is 15.8 Å². The van der Waals surface area contributed by atoms with Crippen molar-refractivity contribution in [1.82, 2.24) is 14.8 Å². The monoisotopic (exact) mass is 477 g/mol. The normalized spacial score (nSPS) is 12.0. The molecule has 0 radical (unpaired) electrons. The second kappa shape index (κ2) is 11.1. The van der Waals surface area contributed by atoms with Crippen LogP contribution < -0.4 is 4.90 Å². The molecule has 0 saturated carbocycles. The zero-order valence-electron chi connectivity index (χ0n) is 16.6. The minimum atomic E-state index is -4.31. The molecule has 2 rings (SSSR count). The highest BCUT2D eigenvalue weighted by Gasteiger charge is 2.28. The van der Waals surface area contributed by atoms with Gasteiger partial charge in [0.05, 0.1) is 24.5 Å². The highest BCUT2D eigenvalue weighted by molar-refractivity contribution is 8.00. The molecule has 0 aliphatic carbocycles. The number of amides is 1. The molecule has 0 N–H and O–H groups in total. The third kappa shape index (κ3) is 7.55. The fraction of sp³-hybridized carbons (Fsp3) is 0.389. The molecule has 2 aromatic rings. The van der Waals surface area contributed by atoms with Gasteiger partial charge in [-0.3, -0.25) is 9.78 Å². The number of hydrogen-bond donors (Lipinski definition) is 0. The minimum Gasteiger partial charge on any atom is -0.318 e. The molecule has 1 amide bonds. The molecule has 0 unspecified atom stereocenters. The summed E-state index contributed by atoms with van der Waals surface area (Å²) in [7, 11) is 0. The molecule has 2 heterocycles. The van der Waals surface area contributed by atoms with E-state index in [0.29, 0.717) is 5.69 Å². The van der Waals surface area contributed by atoms with Gasteiger partial charge in [0.2, 0.25) is 0 Å². The quantitative estimate of drug-likeness (QED) is 0.236. The van der Waals surface area contributed by atoms with Gasteiger partial charge in [-0.1, -0.05) is 16.8 Å². The smallest absolute Gasteiger partial charge is 0.318 e. The van der Waals surface area contributed by atoms with Crippen LogP contribution in [0.5, 0.6) is 0 Å². The Hall–Kier alpha value is -2.60. The SMILES string of the molecule is CCN(C(=O)C(CSCCC(F)(F)F)=NOC(C)=O)c1cn(-c2cccnc2)nc1Cl. The Morgan fingerprint density at radius 1 is 1.39 bits per heavy atom. The molecule has 13 heteroatoms. The fourth-order valence-corrected chi connectivity index (χ4v) is 3.45. The summed E-state index contributed by atoms with van der Waals surface area (Å²) in [6, 6.07) is 3.44. The van der Waals surface area contributed by atoms with Crippen LogP contribution in [0.4, 0.5) is 18.9 Å². The van der Waals surface area contributed by atoms with Crippen molar-refractivity contribution in [2.45, 2.75) is 26.4 Å². The second-order valence-electron chi connectivity index (χ2n) is 6.05. The largest absolute Gasteiger partial charge is 0.389 e. The van der Waals surface area contributed by atoms with E-state index in [2.05, 4.69) is 20.1 Å². The molecule has 168 valence electrons. The Bertz CT molecular complexity index is 937. The van der Waals surface area contributed by atoms with E-state index in [-0.39, 0.29) is 34.6 Å². The molecule has 0 bridgehead atoms. The van der Waals surface area contributed by atoms with E-state index in [1.807, 2.05) is 0 Å². The topological polar surface area (TPSA) is 89.7 Å². The molecular weight excluding hydrogens is 459 g/mol. The summed E-state index contributed by atoms with van der Waals surface area (Å²) in [4.78, 5) is 33.9. The average Bonchev–Trinajstić information content (AvgIpc) is 3.09. The highest BCUT2D eigenvalue weighted by atomic mass is 35.5. The van der Waals surface area contributed by atoms with Crippen molar-refractivity contribution in [2.24, 2.45) is 5.16 Å². The number of carbonyl (C=O) groups excluding carboxylic acids is 2. The van der Waals surface area contributed by atoms with Gasteiger partial charge in [0.25, 0.3) is 5.91 Å². The maximum Gasteiger partial charge on any atom is 0.389 e. The van der Waals surface area contributed by atoms with Crippen LogP contribution in [-0.4, -0.2) is 56.6 Å². The van der Waals surface area contributed by atoms with Crippen LogP contribution in [0, 0.1) is 0 Å². The number of aromatic nitrogens is 3. The lowest BCUT2D eigenvalue weighted by Crippen LogP contribution is -2.38. The Labute approximate surface area is 185 Å². The van der Waals surface area contributed by atoms with Gasteiger partial charge in [0, 0.05) is 31.2 Å². The molecule has 2 aromatic heterocycles. The number of halogens is 4. The number of carbonyl (C=O) groups is 2. The minimum absolute atomic E-state index is 0.0237. The number of rotatable bonds is 9. The Kier molecular flexibility index (Phi) is 8.87. The molecule has 8 nitrogen and oxygen atoms in total. The predicted octanol–water partition coefficient (Wildman–Crippen LogP) is 3.88. The zero-order valence-corrected chi connectivity index (χ0v) is 18.2.